The smallest absolute Gasteiger partial charge is 0.100 e. The molecule has 3 nitrogen and oxygen atoms in total. The molecule has 5 heteroatoms. The normalized spacial score (nSPS) is 11.0. The molecule has 0 amide bonds. The Labute approximate surface area is 114 Å². The number of hydrogen-bond donors (Lipinski definition) is 1. The van der Waals surface area contributed by atoms with Gasteiger partial charge in [-0.15, -0.1) is 0 Å². The Kier molecular flexibility index (Phi) is 2.65. The monoisotopic (exact) mass is 277 g/mol. The van der Waals surface area contributed by atoms with Crippen LogP contribution >= 0.6 is 23.2 Å². The first-order valence-corrected chi connectivity index (χ1v) is 6.08. The molecule has 0 bridgehead atoms. The largest absolute Gasteiger partial charge is 0.399 e. The van der Waals surface area contributed by atoms with Crippen LogP contribution in [0.1, 0.15) is 0 Å². The lowest BCUT2D eigenvalue weighted by atomic mass is 10.2. The van der Waals surface area contributed by atoms with Crippen molar-refractivity contribution >= 4 is 39.9 Å². The zero-order valence-corrected chi connectivity index (χ0v) is 10.8. The number of hydrogen-bond acceptors (Lipinski definition) is 2. The van der Waals surface area contributed by atoms with Crippen molar-refractivity contribution in [1.29, 1.82) is 0 Å². The fraction of sp³-hybridized carbons (Fsp3) is 0. The fourth-order valence-corrected chi connectivity index (χ4v) is 2.43. The van der Waals surface area contributed by atoms with Gasteiger partial charge in [0.05, 0.1) is 16.7 Å². The molecule has 18 heavy (non-hydrogen) atoms. The van der Waals surface area contributed by atoms with Crippen LogP contribution in [0, 0.1) is 0 Å². The summed E-state index contributed by atoms with van der Waals surface area (Å²) in [6.07, 6.45) is 1.73. The molecule has 0 unspecified atom stereocenters. The fourth-order valence-electron chi connectivity index (χ4n) is 1.91. The van der Waals surface area contributed by atoms with Crippen molar-refractivity contribution in [3.05, 3.63) is 52.8 Å². The molecule has 0 aliphatic carbocycles. The second-order valence-corrected chi connectivity index (χ2v) is 4.86. The molecule has 0 fully saturated rings. The minimum atomic E-state index is 0.592. The predicted molar refractivity (Wildman–Crippen MR) is 75.5 cm³/mol. The summed E-state index contributed by atoms with van der Waals surface area (Å²) in [5.74, 6) is 0. The molecule has 1 aromatic heterocycles. The molecule has 0 spiro atoms. The van der Waals surface area contributed by atoms with Crippen LogP contribution in [0.15, 0.2) is 42.7 Å². The number of fused-ring (bicyclic) bond motifs is 1. The van der Waals surface area contributed by atoms with Crippen LogP contribution in [0.3, 0.4) is 0 Å². The van der Waals surface area contributed by atoms with Gasteiger partial charge in [0.15, 0.2) is 0 Å². The van der Waals surface area contributed by atoms with Crippen molar-refractivity contribution in [2.75, 3.05) is 5.73 Å². The second-order valence-electron chi connectivity index (χ2n) is 3.99. The predicted octanol–water partition coefficient (Wildman–Crippen LogP) is 3.91. The summed E-state index contributed by atoms with van der Waals surface area (Å²) < 4.78 is 1.92. The van der Waals surface area contributed by atoms with Crippen molar-refractivity contribution in [1.82, 2.24) is 9.55 Å². The molecule has 90 valence electrons. The van der Waals surface area contributed by atoms with E-state index in [1.165, 1.54) is 0 Å². The minimum absolute atomic E-state index is 0.592. The lowest BCUT2D eigenvalue weighted by Crippen LogP contribution is -1.92. The van der Waals surface area contributed by atoms with Gasteiger partial charge < -0.3 is 5.73 Å². The van der Waals surface area contributed by atoms with Crippen molar-refractivity contribution in [2.45, 2.75) is 0 Å². The van der Waals surface area contributed by atoms with Gasteiger partial charge in [-0.1, -0.05) is 23.2 Å². The standard InChI is InChI=1S/C13H9Cl2N3/c14-8-3-9(15)5-11(4-8)18-7-17-12-6-10(16)1-2-13(12)18/h1-7H,16H2. The molecule has 0 atom stereocenters. The van der Waals surface area contributed by atoms with E-state index in [1.807, 2.05) is 34.9 Å². The van der Waals surface area contributed by atoms with E-state index in [0.29, 0.717) is 15.7 Å². The van der Waals surface area contributed by atoms with Crippen molar-refractivity contribution in [3.8, 4) is 5.69 Å². The first-order chi connectivity index (χ1) is 8.63. The maximum absolute atomic E-state index is 6.01. The van der Waals surface area contributed by atoms with Crippen LogP contribution in [0.5, 0.6) is 0 Å². The van der Waals surface area contributed by atoms with Crippen molar-refractivity contribution in [2.24, 2.45) is 0 Å². The summed E-state index contributed by atoms with van der Waals surface area (Å²) in [5, 5.41) is 1.18. The van der Waals surface area contributed by atoms with Gasteiger partial charge in [0.25, 0.3) is 0 Å². The van der Waals surface area contributed by atoms with Crippen LogP contribution in [-0.4, -0.2) is 9.55 Å². The summed E-state index contributed by atoms with van der Waals surface area (Å²) in [6.45, 7) is 0. The first kappa shape index (κ1) is 11.4. The van der Waals surface area contributed by atoms with E-state index in [9.17, 15) is 0 Å². The third-order valence-electron chi connectivity index (χ3n) is 2.70. The van der Waals surface area contributed by atoms with E-state index >= 15 is 0 Å². The molecule has 0 radical (unpaired) electrons. The van der Waals surface area contributed by atoms with Gasteiger partial charge in [0.2, 0.25) is 0 Å². The zero-order valence-electron chi connectivity index (χ0n) is 9.27. The number of nitrogens with zero attached hydrogens (tertiary/aromatic N) is 2. The third kappa shape index (κ3) is 1.92. The Morgan fingerprint density at radius 2 is 1.72 bits per heavy atom. The summed E-state index contributed by atoms with van der Waals surface area (Å²) >= 11 is 12.0. The lowest BCUT2D eigenvalue weighted by molar-refractivity contribution is 1.09. The van der Waals surface area contributed by atoms with Gasteiger partial charge in [0.1, 0.15) is 6.33 Å². The molecule has 2 aromatic carbocycles. The van der Waals surface area contributed by atoms with E-state index in [-0.39, 0.29) is 0 Å². The van der Waals surface area contributed by atoms with E-state index in [0.717, 1.165) is 16.7 Å². The Bertz CT molecular complexity index is 714. The van der Waals surface area contributed by atoms with Crippen LogP contribution < -0.4 is 5.73 Å². The number of imidazole rings is 1. The molecule has 0 saturated heterocycles. The van der Waals surface area contributed by atoms with Crippen LogP contribution in [-0.2, 0) is 0 Å². The SMILES string of the molecule is Nc1ccc2c(c1)ncn2-c1cc(Cl)cc(Cl)c1. The highest BCUT2D eigenvalue weighted by Crippen LogP contribution is 2.25. The van der Waals surface area contributed by atoms with E-state index in [2.05, 4.69) is 4.98 Å². The highest BCUT2D eigenvalue weighted by Gasteiger charge is 2.06. The van der Waals surface area contributed by atoms with Gasteiger partial charge in [-0.05, 0) is 36.4 Å². The molecular weight excluding hydrogens is 269 g/mol. The van der Waals surface area contributed by atoms with E-state index in [1.54, 1.807) is 12.4 Å². The highest BCUT2D eigenvalue weighted by molar-refractivity contribution is 6.34. The first-order valence-electron chi connectivity index (χ1n) is 5.32. The molecule has 0 aliphatic heterocycles. The molecule has 0 aliphatic rings. The highest BCUT2D eigenvalue weighted by atomic mass is 35.5. The van der Waals surface area contributed by atoms with E-state index in [4.69, 9.17) is 28.9 Å². The quantitative estimate of drug-likeness (QED) is 0.686. The number of nitrogens with two attached hydrogens (primary N) is 1. The molecular formula is C13H9Cl2N3. The molecule has 1 heterocycles. The summed E-state index contributed by atoms with van der Waals surface area (Å²) in [7, 11) is 0. The van der Waals surface area contributed by atoms with Gasteiger partial charge in [0, 0.05) is 15.7 Å². The number of rotatable bonds is 1. The number of aromatic nitrogens is 2. The Morgan fingerprint density at radius 3 is 2.44 bits per heavy atom. The van der Waals surface area contributed by atoms with Gasteiger partial charge >= 0.3 is 0 Å². The maximum Gasteiger partial charge on any atom is 0.100 e. The summed E-state index contributed by atoms with van der Waals surface area (Å²) in [6, 6.07) is 11.0. The number of benzene rings is 2. The summed E-state index contributed by atoms with van der Waals surface area (Å²) in [4.78, 5) is 4.31. The van der Waals surface area contributed by atoms with E-state index < -0.39 is 0 Å². The Hall–Kier alpha value is -1.71. The Balaban J connectivity index is 2.25. The number of anilines is 1. The minimum Gasteiger partial charge on any atom is -0.399 e. The average Bonchev–Trinajstić information content (AvgIpc) is 2.70. The lowest BCUT2D eigenvalue weighted by Gasteiger charge is -2.05. The van der Waals surface area contributed by atoms with Crippen LogP contribution in [0.4, 0.5) is 5.69 Å². The van der Waals surface area contributed by atoms with Gasteiger partial charge in [-0.3, -0.25) is 4.57 Å². The third-order valence-corrected chi connectivity index (χ3v) is 3.13. The zero-order chi connectivity index (χ0) is 12.7. The van der Waals surface area contributed by atoms with Gasteiger partial charge in [-0.25, -0.2) is 4.98 Å². The molecule has 3 aromatic rings. The van der Waals surface area contributed by atoms with Crippen molar-refractivity contribution in [3.63, 3.8) is 0 Å². The maximum atomic E-state index is 6.01. The summed E-state index contributed by atoms with van der Waals surface area (Å²) in [5.41, 5.74) is 9.09. The molecule has 0 saturated carbocycles. The van der Waals surface area contributed by atoms with Gasteiger partial charge in [-0.2, -0.15) is 0 Å². The van der Waals surface area contributed by atoms with Crippen LogP contribution in [0.25, 0.3) is 16.7 Å². The molecule has 3 rings (SSSR count). The molecule has 2 N–H and O–H groups in total. The number of nitrogen functional groups attached to an aromatic ring is 1. The van der Waals surface area contributed by atoms with Crippen molar-refractivity contribution < 1.29 is 0 Å². The van der Waals surface area contributed by atoms with Crippen LogP contribution in [0.2, 0.25) is 10.0 Å². The number of halogens is 2. The second kappa shape index (κ2) is 4.19. The topological polar surface area (TPSA) is 43.8 Å². The average molecular weight is 278 g/mol. The Morgan fingerprint density at radius 1 is 1.00 bits per heavy atom.